The average Bonchev–Trinajstić information content (AvgIpc) is 2.93. The zero-order valence-electron chi connectivity index (χ0n) is 10.3. The lowest BCUT2D eigenvalue weighted by Gasteiger charge is -2.21. The van der Waals surface area contributed by atoms with Crippen molar-refractivity contribution in [2.24, 2.45) is 0 Å². The van der Waals surface area contributed by atoms with Crippen LogP contribution in [0.5, 0.6) is 0 Å². The number of aromatic amines is 1. The van der Waals surface area contributed by atoms with Gasteiger partial charge < -0.3 is 9.55 Å². The summed E-state index contributed by atoms with van der Waals surface area (Å²) in [6, 6.07) is 3.70. The molecule has 2 aromatic rings. The zero-order valence-corrected chi connectivity index (χ0v) is 10.3. The fraction of sp³-hybridized carbons (Fsp3) is 0.429. The van der Waals surface area contributed by atoms with Crippen molar-refractivity contribution in [3.8, 4) is 5.69 Å². The average molecular weight is 243 g/mol. The van der Waals surface area contributed by atoms with Gasteiger partial charge in [-0.05, 0) is 24.8 Å². The first-order valence-electron chi connectivity index (χ1n) is 6.55. The van der Waals surface area contributed by atoms with Gasteiger partial charge in [0.1, 0.15) is 0 Å². The third-order valence-electron chi connectivity index (χ3n) is 3.70. The van der Waals surface area contributed by atoms with E-state index in [9.17, 15) is 4.79 Å². The number of nitrogens with one attached hydrogen (secondary N) is 1. The van der Waals surface area contributed by atoms with Crippen LogP contribution in [0.3, 0.4) is 0 Å². The SMILES string of the molecule is O=c1cc(-n2ccnc2)cc(C2CCCCC2)[nH]1. The molecule has 3 rings (SSSR count). The lowest BCUT2D eigenvalue weighted by atomic mass is 9.86. The van der Waals surface area contributed by atoms with Crippen molar-refractivity contribution in [2.75, 3.05) is 0 Å². The van der Waals surface area contributed by atoms with Crippen LogP contribution in [-0.2, 0) is 0 Å². The van der Waals surface area contributed by atoms with Crippen molar-refractivity contribution < 1.29 is 0 Å². The predicted octanol–water partition coefficient (Wildman–Crippen LogP) is 2.61. The molecule has 0 bridgehead atoms. The molecule has 0 radical (unpaired) electrons. The molecule has 0 saturated heterocycles. The number of aromatic nitrogens is 3. The summed E-state index contributed by atoms with van der Waals surface area (Å²) in [6.07, 6.45) is 11.5. The van der Waals surface area contributed by atoms with E-state index in [0.29, 0.717) is 5.92 Å². The molecule has 0 amide bonds. The standard InChI is InChI=1S/C14H17N3O/c18-14-9-12(17-7-6-15-10-17)8-13(16-14)11-4-2-1-3-5-11/h6-11H,1-5H2,(H,16,18). The Kier molecular flexibility index (Phi) is 3.00. The minimum atomic E-state index is -0.0261. The van der Waals surface area contributed by atoms with Crippen molar-refractivity contribution in [3.63, 3.8) is 0 Å². The second-order valence-electron chi connectivity index (χ2n) is 4.96. The molecular formula is C14H17N3O. The summed E-state index contributed by atoms with van der Waals surface area (Å²) in [5.41, 5.74) is 1.95. The molecule has 0 aliphatic heterocycles. The lowest BCUT2D eigenvalue weighted by molar-refractivity contribution is 0.436. The van der Waals surface area contributed by atoms with Gasteiger partial charge in [0, 0.05) is 24.2 Å². The highest BCUT2D eigenvalue weighted by molar-refractivity contribution is 5.33. The highest BCUT2D eigenvalue weighted by Crippen LogP contribution is 2.31. The first-order valence-corrected chi connectivity index (χ1v) is 6.55. The maximum Gasteiger partial charge on any atom is 0.250 e. The second kappa shape index (κ2) is 4.80. The van der Waals surface area contributed by atoms with Gasteiger partial charge in [0.2, 0.25) is 5.56 Å². The zero-order chi connectivity index (χ0) is 12.4. The fourth-order valence-corrected chi connectivity index (χ4v) is 2.74. The molecule has 2 heterocycles. The highest BCUT2D eigenvalue weighted by Gasteiger charge is 2.17. The molecule has 0 aromatic carbocycles. The van der Waals surface area contributed by atoms with Gasteiger partial charge in [-0.3, -0.25) is 4.79 Å². The molecule has 2 aromatic heterocycles. The van der Waals surface area contributed by atoms with Gasteiger partial charge in [0.25, 0.3) is 0 Å². The van der Waals surface area contributed by atoms with Crippen molar-refractivity contribution >= 4 is 0 Å². The van der Waals surface area contributed by atoms with Crippen LogP contribution in [0.25, 0.3) is 5.69 Å². The Morgan fingerprint density at radius 2 is 2.06 bits per heavy atom. The van der Waals surface area contributed by atoms with Crippen LogP contribution in [0.4, 0.5) is 0 Å². The summed E-state index contributed by atoms with van der Waals surface area (Å²) >= 11 is 0. The van der Waals surface area contributed by atoms with Crippen LogP contribution in [0.15, 0.2) is 35.6 Å². The van der Waals surface area contributed by atoms with Gasteiger partial charge in [0.15, 0.2) is 0 Å². The Morgan fingerprint density at radius 1 is 1.22 bits per heavy atom. The van der Waals surface area contributed by atoms with E-state index < -0.39 is 0 Å². The smallest absolute Gasteiger partial charge is 0.250 e. The van der Waals surface area contributed by atoms with E-state index in [-0.39, 0.29) is 5.56 Å². The normalized spacial score (nSPS) is 16.9. The Bertz CT molecular complexity index is 565. The number of H-pyrrole nitrogens is 1. The molecule has 0 unspecified atom stereocenters. The molecule has 1 N–H and O–H groups in total. The first kappa shape index (κ1) is 11.3. The molecule has 1 aliphatic carbocycles. The van der Waals surface area contributed by atoms with Crippen molar-refractivity contribution in [2.45, 2.75) is 38.0 Å². The van der Waals surface area contributed by atoms with Crippen molar-refractivity contribution in [1.29, 1.82) is 0 Å². The highest BCUT2D eigenvalue weighted by atomic mass is 16.1. The summed E-state index contributed by atoms with van der Waals surface area (Å²) < 4.78 is 1.88. The molecule has 0 atom stereocenters. The molecule has 18 heavy (non-hydrogen) atoms. The summed E-state index contributed by atoms with van der Waals surface area (Å²) in [4.78, 5) is 18.8. The maximum atomic E-state index is 11.8. The minimum absolute atomic E-state index is 0.0261. The lowest BCUT2D eigenvalue weighted by Crippen LogP contribution is -2.14. The van der Waals surface area contributed by atoms with Crippen LogP contribution in [-0.4, -0.2) is 14.5 Å². The van der Waals surface area contributed by atoms with E-state index in [4.69, 9.17) is 0 Å². The van der Waals surface area contributed by atoms with Crippen molar-refractivity contribution in [1.82, 2.24) is 14.5 Å². The predicted molar refractivity (Wildman–Crippen MR) is 70.0 cm³/mol. The Balaban J connectivity index is 1.98. The molecule has 1 fully saturated rings. The van der Waals surface area contributed by atoms with Crippen LogP contribution in [0.2, 0.25) is 0 Å². The Labute approximate surface area is 106 Å². The fourth-order valence-electron chi connectivity index (χ4n) is 2.74. The van der Waals surface area contributed by atoms with E-state index in [1.54, 1.807) is 18.6 Å². The van der Waals surface area contributed by atoms with Gasteiger partial charge in [-0.25, -0.2) is 4.98 Å². The van der Waals surface area contributed by atoms with E-state index in [1.165, 1.54) is 32.1 Å². The molecular weight excluding hydrogens is 226 g/mol. The summed E-state index contributed by atoms with van der Waals surface area (Å²) in [6.45, 7) is 0. The number of imidazole rings is 1. The Morgan fingerprint density at radius 3 is 2.78 bits per heavy atom. The summed E-state index contributed by atoms with van der Waals surface area (Å²) in [5.74, 6) is 0.509. The van der Waals surface area contributed by atoms with Gasteiger partial charge in [-0.2, -0.15) is 0 Å². The first-order chi connectivity index (χ1) is 8.83. The van der Waals surface area contributed by atoms with Gasteiger partial charge >= 0.3 is 0 Å². The minimum Gasteiger partial charge on any atom is -0.326 e. The number of hydrogen-bond acceptors (Lipinski definition) is 2. The maximum absolute atomic E-state index is 11.8. The van der Waals surface area contributed by atoms with Gasteiger partial charge in [-0.1, -0.05) is 19.3 Å². The summed E-state index contributed by atoms with van der Waals surface area (Å²) in [7, 11) is 0. The quantitative estimate of drug-likeness (QED) is 0.881. The van der Waals surface area contributed by atoms with Crippen LogP contribution in [0, 0.1) is 0 Å². The number of nitrogens with zero attached hydrogens (tertiary/aromatic N) is 2. The summed E-state index contributed by atoms with van der Waals surface area (Å²) in [5, 5.41) is 0. The number of hydrogen-bond donors (Lipinski definition) is 1. The monoisotopic (exact) mass is 243 g/mol. The number of pyridine rings is 1. The topological polar surface area (TPSA) is 50.7 Å². The van der Waals surface area contributed by atoms with Crippen molar-refractivity contribution in [3.05, 3.63) is 46.9 Å². The Hall–Kier alpha value is -1.84. The van der Waals surface area contributed by atoms with E-state index >= 15 is 0 Å². The van der Waals surface area contributed by atoms with Crippen LogP contribution < -0.4 is 5.56 Å². The molecule has 1 saturated carbocycles. The largest absolute Gasteiger partial charge is 0.326 e. The van der Waals surface area contributed by atoms with Gasteiger partial charge in [0.05, 0.1) is 12.0 Å². The second-order valence-corrected chi connectivity index (χ2v) is 4.96. The number of rotatable bonds is 2. The van der Waals surface area contributed by atoms with E-state index in [0.717, 1.165) is 11.4 Å². The molecule has 1 aliphatic rings. The third-order valence-corrected chi connectivity index (χ3v) is 3.70. The van der Waals surface area contributed by atoms with E-state index in [1.807, 2.05) is 10.8 Å². The van der Waals surface area contributed by atoms with Gasteiger partial charge in [-0.15, -0.1) is 0 Å². The molecule has 4 heteroatoms. The van der Waals surface area contributed by atoms with Crippen LogP contribution in [0.1, 0.15) is 43.7 Å². The van der Waals surface area contributed by atoms with Crippen LogP contribution >= 0.6 is 0 Å². The molecule has 4 nitrogen and oxygen atoms in total. The third kappa shape index (κ3) is 2.23. The molecule has 94 valence electrons. The molecule has 0 spiro atoms. The van der Waals surface area contributed by atoms with E-state index in [2.05, 4.69) is 16.0 Å².